The first-order valence-electron chi connectivity index (χ1n) is 9.64. The molecule has 0 unspecified atom stereocenters. The van der Waals surface area contributed by atoms with Crippen LogP contribution in [0.1, 0.15) is 26.7 Å². The molecule has 28 heavy (non-hydrogen) atoms. The lowest BCUT2D eigenvalue weighted by Gasteiger charge is -2.22. The molecule has 6 heteroatoms. The van der Waals surface area contributed by atoms with Crippen LogP contribution >= 0.6 is 0 Å². The Balaban J connectivity index is 2.03. The molecule has 148 valence electrons. The van der Waals surface area contributed by atoms with E-state index in [4.69, 9.17) is 0 Å². The summed E-state index contributed by atoms with van der Waals surface area (Å²) < 4.78 is 28.1. The smallest absolute Gasteiger partial charge is 0.242 e. The molecule has 0 fully saturated rings. The van der Waals surface area contributed by atoms with E-state index in [2.05, 4.69) is 0 Å². The highest BCUT2D eigenvalue weighted by molar-refractivity contribution is 7.91. The molecule has 0 atom stereocenters. The molecule has 0 saturated carbocycles. The van der Waals surface area contributed by atoms with Crippen LogP contribution in [0.4, 0.5) is 0 Å². The maximum absolute atomic E-state index is 13.2. The molecule has 0 bridgehead atoms. The van der Waals surface area contributed by atoms with Crippen molar-refractivity contribution < 1.29 is 13.2 Å². The van der Waals surface area contributed by atoms with Gasteiger partial charge in [-0.15, -0.1) is 0 Å². The first-order valence-corrected chi connectivity index (χ1v) is 11.1. The highest BCUT2D eigenvalue weighted by atomic mass is 32.2. The van der Waals surface area contributed by atoms with Gasteiger partial charge in [0.25, 0.3) is 0 Å². The van der Waals surface area contributed by atoms with Crippen LogP contribution in [0.3, 0.4) is 0 Å². The zero-order chi connectivity index (χ0) is 20.1. The molecule has 1 amide bonds. The van der Waals surface area contributed by atoms with E-state index < -0.39 is 9.84 Å². The van der Waals surface area contributed by atoms with E-state index in [-0.39, 0.29) is 22.2 Å². The van der Waals surface area contributed by atoms with E-state index in [0.29, 0.717) is 18.5 Å². The van der Waals surface area contributed by atoms with Crippen molar-refractivity contribution in [2.24, 2.45) is 0 Å². The molecule has 2 aromatic carbocycles. The van der Waals surface area contributed by atoms with E-state index >= 15 is 0 Å². The number of hydrogen-bond acceptors (Lipinski definition) is 3. The van der Waals surface area contributed by atoms with E-state index in [1.165, 1.54) is 0 Å². The summed E-state index contributed by atoms with van der Waals surface area (Å²) in [5, 5.41) is 0.636. The lowest BCUT2D eigenvalue weighted by Crippen LogP contribution is -2.35. The number of rotatable bonds is 8. The summed E-state index contributed by atoms with van der Waals surface area (Å²) in [4.78, 5) is 15.2. The van der Waals surface area contributed by atoms with Crippen molar-refractivity contribution in [3.63, 3.8) is 0 Å². The van der Waals surface area contributed by atoms with E-state index in [1.807, 2.05) is 36.9 Å². The van der Waals surface area contributed by atoms with Crippen LogP contribution in [0.2, 0.25) is 0 Å². The van der Waals surface area contributed by atoms with Gasteiger partial charge >= 0.3 is 0 Å². The molecule has 1 heterocycles. The van der Waals surface area contributed by atoms with Crippen LogP contribution in [-0.4, -0.2) is 36.9 Å². The van der Waals surface area contributed by atoms with Gasteiger partial charge in [-0.2, -0.15) is 0 Å². The molecule has 0 N–H and O–H groups in total. The summed E-state index contributed by atoms with van der Waals surface area (Å²) >= 11 is 0. The molecule has 0 aliphatic rings. The number of carbonyl (C=O) groups is 1. The first kappa shape index (κ1) is 20.1. The number of para-hydroxylation sites is 1. The maximum Gasteiger partial charge on any atom is 0.242 e. The Morgan fingerprint density at radius 3 is 2.18 bits per heavy atom. The fourth-order valence-corrected chi connectivity index (χ4v) is 4.93. The van der Waals surface area contributed by atoms with Crippen molar-refractivity contribution in [3.8, 4) is 0 Å². The topological polar surface area (TPSA) is 59.4 Å². The average Bonchev–Trinajstić information content (AvgIpc) is 3.08. The number of nitrogens with zero attached hydrogens (tertiary/aromatic N) is 2. The Bertz CT molecular complexity index is 1050. The highest BCUT2D eigenvalue weighted by Gasteiger charge is 2.24. The first-order chi connectivity index (χ1) is 13.5. The van der Waals surface area contributed by atoms with Crippen LogP contribution in [0.25, 0.3) is 10.9 Å². The molecule has 3 rings (SSSR count). The second-order valence-corrected chi connectivity index (χ2v) is 8.75. The summed E-state index contributed by atoms with van der Waals surface area (Å²) in [5.74, 6) is 0.00751. The van der Waals surface area contributed by atoms with E-state index in [0.717, 1.165) is 18.4 Å². The van der Waals surface area contributed by atoms with Gasteiger partial charge in [0.15, 0.2) is 0 Å². The standard InChI is InChI=1S/C22H26N2O3S/c1-3-14-23(15-4-2)22(25)17-24-16-21(19-12-8-9-13-20(19)24)28(26,27)18-10-6-5-7-11-18/h5-13,16H,3-4,14-15,17H2,1-2H3. The summed E-state index contributed by atoms with van der Waals surface area (Å²) in [6.45, 7) is 5.64. The number of fused-ring (bicyclic) bond motifs is 1. The van der Waals surface area contributed by atoms with Gasteiger partial charge < -0.3 is 9.47 Å². The second kappa shape index (κ2) is 8.61. The summed E-state index contributed by atoms with van der Waals surface area (Å²) in [7, 11) is -3.67. The molecule has 5 nitrogen and oxygen atoms in total. The average molecular weight is 399 g/mol. The van der Waals surface area contributed by atoms with Crippen LogP contribution in [0, 0.1) is 0 Å². The quantitative estimate of drug-likeness (QED) is 0.573. The Hall–Kier alpha value is -2.60. The Morgan fingerprint density at radius 2 is 1.54 bits per heavy atom. The van der Waals surface area contributed by atoms with Crippen molar-refractivity contribution in [1.82, 2.24) is 9.47 Å². The molecule has 3 aromatic rings. The Morgan fingerprint density at radius 1 is 0.929 bits per heavy atom. The fraction of sp³-hybridized carbons (Fsp3) is 0.318. The lowest BCUT2D eigenvalue weighted by atomic mass is 10.2. The van der Waals surface area contributed by atoms with Crippen LogP contribution in [0.15, 0.2) is 70.6 Å². The highest BCUT2D eigenvalue weighted by Crippen LogP contribution is 2.30. The SMILES string of the molecule is CCCN(CCC)C(=O)Cn1cc(S(=O)(=O)c2ccccc2)c2ccccc21. The molecular weight excluding hydrogens is 372 g/mol. The number of hydrogen-bond donors (Lipinski definition) is 0. The van der Waals surface area contributed by atoms with Gasteiger partial charge in [0.05, 0.1) is 9.79 Å². The number of carbonyl (C=O) groups excluding carboxylic acids is 1. The second-order valence-electron chi connectivity index (χ2n) is 6.84. The number of sulfone groups is 1. The van der Waals surface area contributed by atoms with Gasteiger partial charge in [-0.1, -0.05) is 50.2 Å². The van der Waals surface area contributed by atoms with E-state index in [1.54, 1.807) is 47.2 Å². The molecule has 0 radical (unpaired) electrons. The van der Waals surface area contributed by atoms with Crippen molar-refractivity contribution in [3.05, 3.63) is 60.8 Å². The van der Waals surface area contributed by atoms with Gasteiger partial charge in [-0.05, 0) is 31.0 Å². The minimum atomic E-state index is -3.67. The molecule has 0 spiro atoms. The Kier molecular flexibility index (Phi) is 6.19. The van der Waals surface area contributed by atoms with Gasteiger partial charge in [0, 0.05) is 30.2 Å². The van der Waals surface area contributed by atoms with Crippen molar-refractivity contribution in [2.75, 3.05) is 13.1 Å². The molecule has 0 aliphatic carbocycles. The van der Waals surface area contributed by atoms with Crippen molar-refractivity contribution >= 4 is 26.6 Å². The molecular formula is C22H26N2O3S. The predicted molar refractivity (Wildman–Crippen MR) is 111 cm³/mol. The number of aromatic nitrogens is 1. The largest absolute Gasteiger partial charge is 0.341 e. The minimum Gasteiger partial charge on any atom is -0.341 e. The van der Waals surface area contributed by atoms with Crippen LogP contribution < -0.4 is 0 Å². The zero-order valence-corrected chi connectivity index (χ0v) is 17.2. The monoisotopic (exact) mass is 398 g/mol. The predicted octanol–water partition coefficient (Wildman–Crippen LogP) is 4.12. The Labute approximate surface area is 166 Å². The summed E-state index contributed by atoms with van der Waals surface area (Å²) in [5.41, 5.74) is 0.748. The third kappa shape index (κ3) is 3.97. The minimum absolute atomic E-state index is 0.00751. The van der Waals surface area contributed by atoms with Gasteiger partial charge in [0.2, 0.25) is 15.7 Å². The normalized spacial score (nSPS) is 11.6. The zero-order valence-electron chi connectivity index (χ0n) is 16.3. The van der Waals surface area contributed by atoms with Crippen molar-refractivity contribution in [2.45, 2.75) is 43.0 Å². The summed E-state index contributed by atoms with van der Waals surface area (Å²) in [6.07, 6.45) is 3.39. The van der Waals surface area contributed by atoms with Crippen LogP contribution in [0.5, 0.6) is 0 Å². The third-order valence-electron chi connectivity index (χ3n) is 4.74. The lowest BCUT2D eigenvalue weighted by molar-refractivity contribution is -0.131. The van der Waals surface area contributed by atoms with Gasteiger partial charge in [0.1, 0.15) is 6.54 Å². The fourth-order valence-electron chi connectivity index (χ4n) is 3.43. The molecule has 0 saturated heterocycles. The molecule has 1 aromatic heterocycles. The van der Waals surface area contributed by atoms with Gasteiger partial charge in [-0.25, -0.2) is 8.42 Å². The number of amides is 1. The van der Waals surface area contributed by atoms with Gasteiger partial charge in [-0.3, -0.25) is 4.79 Å². The summed E-state index contributed by atoms with van der Waals surface area (Å²) in [6, 6.07) is 15.7. The van der Waals surface area contributed by atoms with E-state index in [9.17, 15) is 13.2 Å². The van der Waals surface area contributed by atoms with Crippen molar-refractivity contribution in [1.29, 1.82) is 0 Å². The van der Waals surface area contributed by atoms with Crippen LogP contribution in [-0.2, 0) is 21.2 Å². The number of benzene rings is 2. The third-order valence-corrected chi connectivity index (χ3v) is 6.54. The molecule has 0 aliphatic heterocycles. The maximum atomic E-state index is 13.2.